The van der Waals surface area contributed by atoms with Crippen molar-refractivity contribution < 1.29 is 0 Å². The Hall–Kier alpha value is -0.940. The molecule has 0 radical (unpaired) electrons. The Bertz CT molecular complexity index is 343. The van der Waals surface area contributed by atoms with Gasteiger partial charge < -0.3 is 10.6 Å². The van der Waals surface area contributed by atoms with E-state index >= 15 is 0 Å². The number of hydrogen-bond donors (Lipinski definition) is 1. The molecule has 102 valence electrons. The normalized spacial score (nSPS) is 17.5. The zero-order valence-corrected chi connectivity index (χ0v) is 11.4. The highest BCUT2D eigenvalue weighted by molar-refractivity contribution is 4.92. The molecular formula is C13H25N5. The van der Waals surface area contributed by atoms with Crippen molar-refractivity contribution in [3.05, 3.63) is 11.9 Å². The molecule has 2 rings (SSSR count). The van der Waals surface area contributed by atoms with Crippen LogP contribution in [0.3, 0.4) is 0 Å². The minimum absolute atomic E-state index is 0.612. The maximum Gasteiger partial charge on any atom is 0.0967 e. The van der Waals surface area contributed by atoms with E-state index in [9.17, 15) is 0 Å². The Morgan fingerprint density at radius 1 is 1.39 bits per heavy atom. The highest BCUT2D eigenvalue weighted by atomic mass is 15.4. The summed E-state index contributed by atoms with van der Waals surface area (Å²) in [6.07, 6.45) is 9.03. The second-order valence-electron chi connectivity index (χ2n) is 5.46. The summed E-state index contributed by atoms with van der Waals surface area (Å²) in [4.78, 5) is 2.37. The summed E-state index contributed by atoms with van der Waals surface area (Å²) in [5, 5.41) is 8.25. The molecule has 0 amide bonds. The van der Waals surface area contributed by atoms with Crippen molar-refractivity contribution in [1.82, 2.24) is 19.9 Å². The Morgan fingerprint density at radius 2 is 2.17 bits per heavy atom. The minimum atomic E-state index is 0.612. The van der Waals surface area contributed by atoms with Gasteiger partial charge in [0, 0.05) is 25.8 Å². The Balaban J connectivity index is 1.76. The molecule has 18 heavy (non-hydrogen) atoms. The van der Waals surface area contributed by atoms with Gasteiger partial charge in [-0.15, -0.1) is 5.10 Å². The van der Waals surface area contributed by atoms with Crippen molar-refractivity contribution in [2.45, 2.75) is 45.2 Å². The maximum atomic E-state index is 5.50. The molecule has 1 aliphatic rings. The van der Waals surface area contributed by atoms with Crippen LogP contribution in [0.4, 0.5) is 0 Å². The Labute approximate surface area is 109 Å². The summed E-state index contributed by atoms with van der Waals surface area (Å²) in [5.41, 5.74) is 6.54. The lowest BCUT2D eigenvalue weighted by Crippen LogP contribution is -2.26. The maximum absolute atomic E-state index is 5.50. The Kier molecular flexibility index (Phi) is 5.13. The molecule has 1 aromatic rings. The Morgan fingerprint density at radius 3 is 2.89 bits per heavy atom. The topological polar surface area (TPSA) is 60.0 Å². The number of hydrogen-bond acceptors (Lipinski definition) is 4. The number of rotatable bonds is 6. The fourth-order valence-electron chi connectivity index (χ4n) is 2.80. The first-order valence-corrected chi connectivity index (χ1v) is 7.05. The molecule has 1 saturated carbocycles. The van der Waals surface area contributed by atoms with Crippen LogP contribution in [0.5, 0.6) is 0 Å². The van der Waals surface area contributed by atoms with E-state index < -0.39 is 0 Å². The van der Waals surface area contributed by atoms with Gasteiger partial charge in [-0.05, 0) is 25.8 Å². The smallest absolute Gasteiger partial charge is 0.0967 e. The highest BCUT2D eigenvalue weighted by Gasteiger charge is 2.15. The molecule has 0 atom stereocenters. The minimum Gasteiger partial charge on any atom is -0.329 e. The molecule has 1 fully saturated rings. The molecule has 0 bridgehead atoms. The van der Waals surface area contributed by atoms with Crippen molar-refractivity contribution in [3.63, 3.8) is 0 Å². The average molecular weight is 251 g/mol. The van der Waals surface area contributed by atoms with E-state index in [1.807, 2.05) is 10.9 Å². The standard InChI is InChI=1S/C13H25N5/c1-17(9-12-5-3-2-4-6-12)10-13-11-18(8-7-14)16-15-13/h11-12H,2-10,14H2,1H3. The number of nitrogens with zero attached hydrogens (tertiary/aromatic N) is 4. The van der Waals surface area contributed by atoms with Crippen molar-refractivity contribution in [3.8, 4) is 0 Å². The second-order valence-corrected chi connectivity index (χ2v) is 5.46. The summed E-state index contributed by atoms with van der Waals surface area (Å²) in [5.74, 6) is 0.878. The van der Waals surface area contributed by atoms with Gasteiger partial charge in [-0.2, -0.15) is 0 Å². The zero-order chi connectivity index (χ0) is 12.8. The van der Waals surface area contributed by atoms with Crippen LogP contribution in [-0.2, 0) is 13.1 Å². The van der Waals surface area contributed by atoms with Crippen LogP contribution in [0.2, 0.25) is 0 Å². The van der Waals surface area contributed by atoms with Crippen LogP contribution < -0.4 is 5.73 Å². The van der Waals surface area contributed by atoms with E-state index in [2.05, 4.69) is 22.3 Å². The molecular weight excluding hydrogens is 226 g/mol. The van der Waals surface area contributed by atoms with Gasteiger partial charge in [0.1, 0.15) is 0 Å². The molecule has 5 nitrogen and oxygen atoms in total. The largest absolute Gasteiger partial charge is 0.329 e. The van der Waals surface area contributed by atoms with E-state index in [1.165, 1.54) is 38.6 Å². The molecule has 2 N–H and O–H groups in total. The van der Waals surface area contributed by atoms with Crippen molar-refractivity contribution in [1.29, 1.82) is 0 Å². The lowest BCUT2D eigenvalue weighted by Gasteiger charge is -2.26. The molecule has 0 unspecified atom stereocenters. The van der Waals surface area contributed by atoms with Gasteiger partial charge in [0.25, 0.3) is 0 Å². The van der Waals surface area contributed by atoms with Crippen LogP contribution in [-0.4, -0.2) is 40.0 Å². The highest BCUT2D eigenvalue weighted by Crippen LogP contribution is 2.24. The predicted octanol–water partition coefficient (Wildman–Crippen LogP) is 1.25. The van der Waals surface area contributed by atoms with Crippen molar-refractivity contribution in [2.75, 3.05) is 20.1 Å². The third-order valence-corrected chi connectivity index (χ3v) is 3.67. The first-order chi connectivity index (χ1) is 8.78. The molecule has 0 spiro atoms. The molecule has 1 aliphatic carbocycles. The average Bonchev–Trinajstić information content (AvgIpc) is 2.78. The van der Waals surface area contributed by atoms with Crippen molar-refractivity contribution in [2.24, 2.45) is 11.7 Å². The summed E-state index contributed by atoms with van der Waals surface area (Å²) >= 11 is 0. The third-order valence-electron chi connectivity index (χ3n) is 3.67. The molecule has 1 heterocycles. The van der Waals surface area contributed by atoms with Crippen LogP contribution >= 0.6 is 0 Å². The van der Waals surface area contributed by atoms with Gasteiger partial charge >= 0.3 is 0 Å². The first-order valence-electron chi connectivity index (χ1n) is 7.05. The van der Waals surface area contributed by atoms with Gasteiger partial charge in [0.05, 0.1) is 12.2 Å². The third kappa shape index (κ3) is 4.07. The SMILES string of the molecule is CN(Cc1cn(CCN)nn1)CC1CCCCC1. The summed E-state index contributed by atoms with van der Waals surface area (Å²) < 4.78 is 1.82. The molecule has 0 aliphatic heterocycles. The predicted molar refractivity (Wildman–Crippen MR) is 72.0 cm³/mol. The fraction of sp³-hybridized carbons (Fsp3) is 0.846. The van der Waals surface area contributed by atoms with Crippen LogP contribution in [0.15, 0.2) is 6.20 Å². The number of aromatic nitrogens is 3. The molecule has 0 aromatic carbocycles. The van der Waals surface area contributed by atoms with E-state index in [1.54, 1.807) is 0 Å². The van der Waals surface area contributed by atoms with Crippen LogP contribution in [0.1, 0.15) is 37.8 Å². The second kappa shape index (κ2) is 6.85. The van der Waals surface area contributed by atoms with Gasteiger partial charge in [-0.3, -0.25) is 4.68 Å². The van der Waals surface area contributed by atoms with Crippen LogP contribution in [0.25, 0.3) is 0 Å². The number of nitrogens with two attached hydrogens (primary N) is 1. The molecule has 0 saturated heterocycles. The lowest BCUT2D eigenvalue weighted by molar-refractivity contribution is 0.226. The van der Waals surface area contributed by atoms with Crippen LogP contribution in [0, 0.1) is 5.92 Å². The van der Waals surface area contributed by atoms with E-state index in [0.29, 0.717) is 6.54 Å². The van der Waals surface area contributed by atoms with Gasteiger partial charge in [0.2, 0.25) is 0 Å². The fourth-order valence-corrected chi connectivity index (χ4v) is 2.80. The summed E-state index contributed by atoms with van der Waals surface area (Å²) in [6.45, 7) is 3.44. The van der Waals surface area contributed by atoms with E-state index in [-0.39, 0.29) is 0 Å². The van der Waals surface area contributed by atoms with Gasteiger partial charge in [-0.1, -0.05) is 24.5 Å². The van der Waals surface area contributed by atoms with E-state index in [0.717, 1.165) is 24.7 Å². The monoisotopic (exact) mass is 251 g/mol. The molecule has 1 aromatic heterocycles. The first kappa shape index (κ1) is 13.5. The lowest BCUT2D eigenvalue weighted by atomic mass is 9.89. The van der Waals surface area contributed by atoms with Gasteiger partial charge in [0.15, 0.2) is 0 Å². The zero-order valence-electron chi connectivity index (χ0n) is 11.4. The van der Waals surface area contributed by atoms with E-state index in [4.69, 9.17) is 5.73 Å². The quantitative estimate of drug-likeness (QED) is 0.826. The summed E-state index contributed by atoms with van der Waals surface area (Å²) in [6, 6.07) is 0. The van der Waals surface area contributed by atoms with Crippen molar-refractivity contribution >= 4 is 0 Å². The molecule has 5 heteroatoms. The summed E-state index contributed by atoms with van der Waals surface area (Å²) in [7, 11) is 2.18. The van der Waals surface area contributed by atoms with Gasteiger partial charge in [-0.25, -0.2) is 0 Å².